The predicted octanol–water partition coefficient (Wildman–Crippen LogP) is 3.47. The number of hydrogen-bond acceptors (Lipinski definition) is 3. The quantitative estimate of drug-likeness (QED) is 0.875. The van der Waals surface area contributed by atoms with E-state index in [9.17, 15) is 0 Å². The number of benzene rings is 2. The SMILES string of the molecule is COc1cccc(C(N)CCOc2cccc(C)c2)c1. The van der Waals surface area contributed by atoms with E-state index in [0.717, 1.165) is 23.5 Å². The number of ether oxygens (including phenoxy) is 2. The lowest BCUT2D eigenvalue weighted by Crippen LogP contribution is -2.14. The van der Waals surface area contributed by atoms with E-state index < -0.39 is 0 Å². The Morgan fingerprint density at radius 3 is 2.55 bits per heavy atom. The van der Waals surface area contributed by atoms with Crippen LogP contribution in [-0.4, -0.2) is 13.7 Å². The molecule has 0 aromatic heterocycles. The molecule has 0 spiro atoms. The molecule has 0 radical (unpaired) electrons. The molecule has 0 fully saturated rings. The van der Waals surface area contributed by atoms with Gasteiger partial charge >= 0.3 is 0 Å². The lowest BCUT2D eigenvalue weighted by atomic mass is 10.1. The van der Waals surface area contributed by atoms with E-state index in [1.54, 1.807) is 7.11 Å². The van der Waals surface area contributed by atoms with Gasteiger partial charge in [0.15, 0.2) is 0 Å². The van der Waals surface area contributed by atoms with Crippen LogP contribution in [0.1, 0.15) is 23.6 Å². The van der Waals surface area contributed by atoms with Crippen LogP contribution < -0.4 is 15.2 Å². The molecule has 0 aliphatic heterocycles. The molecule has 2 aromatic carbocycles. The van der Waals surface area contributed by atoms with Crippen molar-refractivity contribution in [1.29, 1.82) is 0 Å². The monoisotopic (exact) mass is 271 g/mol. The van der Waals surface area contributed by atoms with Crippen molar-refractivity contribution in [3.05, 3.63) is 59.7 Å². The summed E-state index contributed by atoms with van der Waals surface area (Å²) >= 11 is 0. The van der Waals surface area contributed by atoms with E-state index in [1.165, 1.54) is 5.56 Å². The summed E-state index contributed by atoms with van der Waals surface area (Å²) in [6.45, 7) is 2.65. The molecule has 106 valence electrons. The fourth-order valence-corrected chi connectivity index (χ4v) is 2.05. The second kappa shape index (κ2) is 6.96. The van der Waals surface area contributed by atoms with Crippen LogP contribution in [0.2, 0.25) is 0 Å². The van der Waals surface area contributed by atoms with Crippen molar-refractivity contribution in [3.8, 4) is 11.5 Å². The molecule has 2 rings (SSSR count). The number of aryl methyl sites for hydroxylation is 1. The summed E-state index contributed by atoms with van der Waals surface area (Å²) in [5, 5.41) is 0. The maximum atomic E-state index is 6.18. The summed E-state index contributed by atoms with van der Waals surface area (Å²) in [6, 6.07) is 15.8. The molecule has 0 heterocycles. The maximum Gasteiger partial charge on any atom is 0.119 e. The lowest BCUT2D eigenvalue weighted by Gasteiger charge is -2.14. The van der Waals surface area contributed by atoms with Gasteiger partial charge in [0.1, 0.15) is 11.5 Å². The van der Waals surface area contributed by atoms with E-state index in [-0.39, 0.29) is 6.04 Å². The molecule has 0 bridgehead atoms. The number of methoxy groups -OCH3 is 1. The van der Waals surface area contributed by atoms with Crippen LogP contribution in [0.4, 0.5) is 0 Å². The first-order valence-corrected chi connectivity index (χ1v) is 6.78. The minimum absolute atomic E-state index is 0.0464. The van der Waals surface area contributed by atoms with Gasteiger partial charge in [0, 0.05) is 12.5 Å². The van der Waals surface area contributed by atoms with E-state index in [2.05, 4.69) is 13.0 Å². The van der Waals surface area contributed by atoms with Crippen molar-refractivity contribution in [2.45, 2.75) is 19.4 Å². The summed E-state index contributed by atoms with van der Waals surface area (Å²) in [5.41, 5.74) is 8.44. The average Bonchev–Trinajstić information content (AvgIpc) is 2.47. The zero-order valence-corrected chi connectivity index (χ0v) is 12.0. The molecule has 0 aliphatic carbocycles. The third-order valence-electron chi connectivity index (χ3n) is 3.21. The highest BCUT2D eigenvalue weighted by molar-refractivity contribution is 5.30. The van der Waals surface area contributed by atoms with Crippen LogP contribution in [0.3, 0.4) is 0 Å². The Bertz CT molecular complexity index is 554. The number of rotatable bonds is 6. The molecule has 0 aliphatic rings. The van der Waals surface area contributed by atoms with E-state index in [1.807, 2.05) is 42.5 Å². The second-order valence-corrected chi connectivity index (χ2v) is 4.84. The fraction of sp³-hybridized carbons (Fsp3) is 0.294. The zero-order chi connectivity index (χ0) is 14.4. The fourth-order valence-electron chi connectivity index (χ4n) is 2.05. The van der Waals surface area contributed by atoms with Gasteiger partial charge in [-0.2, -0.15) is 0 Å². The van der Waals surface area contributed by atoms with Gasteiger partial charge in [-0.15, -0.1) is 0 Å². The topological polar surface area (TPSA) is 44.5 Å². The maximum absolute atomic E-state index is 6.18. The van der Waals surface area contributed by atoms with Crippen molar-refractivity contribution in [2.24, 2.45) is 5.73 Å². The Morgan fingerprint density at radius 1 is 1.05 bits per heavy atom. The molecule has 2 N–H and O–H groups in total. The van der Waals surface area contributed by atoms with Gasteiger partial charge in [0.05, 0.1) is 13.7 Å². The van der Waals surface area contributed by atoms with Gasteiger partial charge in [-0.05, 0) is 42.3 Å². The van der Waals surface area contributed by atoms with Crippen LogP contribution in [0.5, 0.6) is 11.5 Å². The van der Waals surface area contributed by atoms with Crippen LogP contribution in [0.15, 0.2) is 48.5 Å². The smallest absolute Gasteiger partial charge is 0.119 e. The van der Waals surface area contributed by atoms with E-state index in [0.29, 0.717) is 6.61 Å². The highest BCUT2D eigenvalue weighted by atomic mass is 16.5. The number of nitrogens with two attached hydrogens (primary N) is 1. The summed E-state index contributed by atoms with van der Waals surface area (Å²) in [4.78, 5) is 0. The van der Waals surface area contributed by atoms with Crippen LogP contribution in [0, 0.1) is 6.92 Å². The average molecular weight is 271 g/mol. The van der Waals surface area contributed by atoms with Crippen LogP contribution in [0.25, 0.3) is 0 Å². The Kier molecular flexibility index (Phi) is 5.02. The minimum Gasteiger partial charge on any atom is -0.497 e. The largest absolute Gasteiger partial charge is 0.497 e. The molecule has 1 atom stereocenters. The Labute approximate surface area is 120 Å². The summed E-state index contributed by atoms with van der Waals surface area (Å²) in [5.74, 6) is 1.72. The third-order valence-corrected chi connectivity index (χ3v) is 3.21. The molecule has 0 amide bonds. The highest BCUT2D eigenvalue weighted by Gasteiger charge is 2.07. The van der Waals surface area contributed by atoms with E-state index >= 15 is 0 Å². The van der Waals surface area contributed by atoms with Crippen molar-refractivity contribution < 1.29 is 9.47 Å². The summed E-state index contributed by atoms with van der Waals surface area (Å²) in [7, 11) is 1.66. The van der Waals surface area contributed by atoms with Gasteiger partial charge in [-0.25, -0.2) is 0 Å². The summed E-state index contributed by atoms with van der Waals surface area (Å²) < 4.78 is 10.9. The number of hydrogen-bond donors (Lipinski definition) is 1. The molecule has 3 heteroatoms. The molecule has 0 saturated carbocycles. The van der Waals surface area contributed by atoms with Gasteiger partial charge in [-0.3, -0.25) is 0 Å². The first-order chi connectivity index (χ1) is 9.69. The molecular weight excluding hydrogens is 250 g/mol. The zero-order valence-electron chi connectivity index (χ0n) is 12.0. The minimum atomic E-state index is -0.0464. The predicted molar refractivity (Wildman–Crippen MR) is 81.2 cm³/mol. The Balaban J connectivity index is 1.87. The van der Waals surface area contributed by atoms with Crippen molar-refractivity contribution in [1.82, 2.24) is 0 Å². The van der Waals surface area contributed by atoms with Crippen LogP contribution >= 0.6 is 0 Å². The Hall–Kier alpha value is -2.00. The summed E-state index contributed by atoms with van der Waals surface area (Å²) in [6.07, 6.45) is 0.765. The standard InChI is InChI=1S/C17H21NO2/c1-13-5-3-8-16(11-13)20-10-9-17(18)14-6-4-7-15(12-14)19-2/h3-8,11-12,17H,9-10,18H2,1-2H3. The van der Waals surface area contributed by atoms with Crippen molar-refractivity contribution >= 4 is 0 Å². The van der Waals surface area contributed by atoms with E-state index in [4.69, 9.17) is 15.2 Å². The van der Waals surface area contributed by atoms with Gasteiger partial charge in [0.25, 0.3) is 0 Å². The third kappa shape index (κ3) is 4.00. The van der Waals surface area contributed by atoms with Gasteiger partial charge in [-0.1, -0.05) is 24.3 Å². The van der Waals surface area contributed by atoms with Gasteiger partial charge < -0.3 is 15.2 Å². The highest BCUT2D eigenvalue weighted by Crippen LogP contribution is 2.20. The molecule has 3 nitrogen and oxygen atoms in total. The van der Waals surface area contributed by atoms with Gasteiger partial charge in [0.2, 0.25) is 0 Å². The second-order valence-electron chi connectivity index (χ2n) is 4.84. The normalized spacial score (nSPS) is 11.9. The van der Waals surface area contributed by atoms with Crippen molar-refractivity contribution in [2.75, 3.05) is 13.7 Å². The molecule has 20 heavy (non-hydrogen) atoms. The lowest BCUT2D eigenvalue weighted by molar-refractivity contribution is 0.298. The first kappa shape index (κ1) is 14.4. The Morgan fingerprint density at radius 2 is 1.80 bits per heavy atom. The molecule has 1 unspecified atom stereocenters. The molecule has 0 saturated heterocycles. The first-order valence-electron chi connectivity index (χ1n) is 6.78. The van der Waals surface area contributed by atoms with Crippen LogP contribution in [-0.2, 0) is 0 Å². The molecular formula is C17H21NO2. The molecule has 2 aromatic rings. The van der Waals surface area contributed by atoms with Crippen molar-refractivity contribution in [3.63, 3.8) is 0 Å².